The zero-order chi connectivity index (χ0) is 40.3. The molecule has 5 rings (SSSR count). The summed E-state index contributed by atoms with van der Waals surface area (Å²) in [5.41, 5.74) is 11.5. The van der Waals surface area contributed by atoms with Gasteiger partial charge in [-0.1, -0.05) is 58.9 Å². The van der Waals surface area contributed by atoms with Gasteiger partial charge in [-0.15, -0.1) is 0 Å². The van der Waals surface area contributed by atoms with Crippen molar-refractivity contribution in [2.45, 2.75) is 57.7 Å². The molecule has 0 amide bonds. The molecule has 56 heavy (non-hydrogen) atoms. The van der Waals surface area contributed by atoms with E-state index in [4.69, 9.17) is 15.2 Å². The maximum absolute atomic E-state index is 10.8. The molecular weight excluding hydrogens is 711 g/mol. The number of nitrogens with two attached hydrogens (primary N) is 1. The fourth-order valence-electron chi connectivity index (χ4n) is 5.64. The summed E-state index contributed by atoms with van der Waals surface area (Å²) in [5.74, 6) is 1.34. The summed E-state index contributed by atoms with van der Waals surface area (Å²) >= 11 is 0. The van der Waals surface area contributed by atoms with E-state index in [2.05, 4.69) is 60.4 Å². The maximum Gasteiger partial charge on any atom is 0.269 e. The highest BCUT2D eigenvalue weighted by Crippen LogP contribution is 2.36. The van der Waals surface area contributed by atoms with Crippen molar-refractivity contribution in [2.24, 2.45) is 26.2 Å². The lowest BCUT2D eigenvalue weighted by Gasteiger charge is -2.26. The number of azo groups is 2. The van der Waals surface area contributed by atoms with Gasteiger partial charge in [0.15, 0.2) is 0 Å². The van der Waals surface area contributed by atoms with E-state index in [1.165, 1.54) is 24.3 Å². The third kappa shape index (κ3) is 11.5. The van der Waals surface area contributed by atoms with Crippen molar-refractivity contribution in [3.05, 3.63) is 142 Å². The summed E-state index contributed by atoms with van der Waals surface area (Å²) < 4.78 is 11.5. The number of nitro benzene ring substituents is 1. The number of aliphatic hydroxyl groups excluding tert-OH is 2. The number of hydrogen-bond donors (Lipinski definition) is 4. The molecule has 292 valence electrons. The van der Waals surface area contributed by atoms with Crippen molar-refractivity contribution in [1.29, 1.82) is 0 Å². The van der Waals surface area contributed by atoms with Crippen molar-refractivity contribution in [1.82, 2.24) is 0 Å². The Labute approximate surface area is 327 Å². The van der Waals surface area contributed by atoms with Gasteiger partial charge in [0, 0.05) is 36.3 Å². The number of anilines is 1. The highest BCUT2D eigenvalue weighted by atomic mass is 16.6. The van der Waals surface area contributed by atoms with Gasteiger partial charge in [0.1, 0.15) is 36.9 Å². The van der Waals surface area contributed by atoms with Gasteiger partial charge in [-0.25, -0.2) is 0 Å². The Hall–Kier alpha value is -6.02. The van der Waals surface area contributed by atoms with Crippen molar-refractivity contribution in [3.63, 3.8) is 0 Å². The summed E-state index contributed by atoms with van der Waals surface area (Å²) in [6.07, 6.45) is -1.45. The van der Waals surface area contributed by atoms with Crippen LogP contribution in [0.3, 0.4) is 0 Å². The number of nitrogens with one attached hydrogen (secondary N) is 1. The predicted octanol–water partition coefficient (Wildman–Crippen LogP) is 9.60. The number of aliphatic hydroxyl groups is 2. The highest BCUT2D eigenvalue weighted by molar-refractivity contribution is 5.59. The van der Waals surface area contributed by atoms with Crippen LogP contribution in [0.5, 0.6) is 11.5 Å². The number of non-ortho nitro benzene ring substituents is 1. The van der Waals surface area contributed by atoms with Gasteiger partial charge >= 0.3 is 0 Å². The normalized spacial score (nSPS) is 13.1. The molecule has 0 aliphatic rings. The predicted molar refractivity (Wildman–Crippen MR) is 219 cm³/mol. The Bertz CT molecular complexity index is 2100. The third-order valence-electron chi connectivity index (χ3n) is 9.12. The second kappa shape index (κ2) is 18.5. The molecule has 5 aromatic carbocycles. The van der Waals surface area contributed by atoms with Crippen LogP contribution in [0.2, 0.25) is 0 Å². The minimum absolute atomic E-state index is 0.00593. The number of nitrogens with zero attached hydrogens (tertiary/aromatic N) is 5. The number of ether oxygens (including phenoxy) is 2. The minimum Gasteiger partial charge on any atom is -0.491 e. The van der Waals surface area contributed by atoms with Crippen LogP contribution in [-0.2, 0) is 10.8 Å². The van der Waals surface area contributed by atoms with E-state index in [1.54, 1.807) is 24.3 Å². The van der Waals surface area contributed by atoms with Crippen molar-refractivity contribution < 1.29 is 24.6 Å². The molecular formula is C43H49N7O6. The van der Waals surface area contributed by atoms with Crippen molar-refractivity contribution in [2.75, 3.05) is 31.6 Å². The minimum atomic E-state index is -0.757. The Balaban J connectivity index is 1.12. The van der Waals surface area contributed by atoms with Crippen molar-refractivity contribution >= 4 is 34.1 Å². The molecule has 0 saturated heterocycles. The van der Waals surface area contributed by atoms with Gasteiger partial charge in [0.05, 0.1) is 27.7 Å². The second-order valence-corrected chi connectivity index (χ2v) is 14.9. The smallest absolute Gasteiger partial charge is 0.269 e. The Morgan fingerprint density at radius 2 is 1.14 bits per heavy atom. The zero-order valence-electron chi connectivity index (χ0n) is 32.3. The van der Waals surface area contributed by atoms with E-state index in [9.17, 15) is 20.3 Å². The van der Waals surface area contributed by atoms with Crippen LogP contribution in [0.4, 0.5) is 34.1 Å². The highest BCUT2D eigenvalue weighted by Gasteiger charge is 2.24. The molecule has 0 saturated carbocycles. The molecule has 5 aromatic rings. The van der Waals surface area contributed by atoms with Gasteiger partial charge in [0.25, 0.3) is 5.69 Å². The fourth-order valence-corrected chi connectivity index (χ4v) is 5.64. The first-order valence-electron chi connectivity index (χ1n) is 18.3. The number of rotatable bonds is 17. The van der Waals surface area contributed by atoms with Gasteiger partial charge in [0.2, 0.25) is 0 Å². The lowest BCUT2D eigenvalue weighted by atomic mass is 9.78. The van der Waals surface area contributed by atoms with Crippen LogP contribution in [0, 0.1) is 10.1 Å². The molecule has 0 aromatic heterocycles. The Kier molecular flexibility index (Phi) is 13.6. The van der Waals surface area contributed by atoms with Crippen LogP contribution >= 0.6 is 0 Å². The average Bonchev–Trinajstić information content (AvgIpc) is 3.20. The van der Waals surface area contributed by atoms with E-state index in [0.29, 0.717) is 28.6 Å². The SMILES string of the molecule is CC(C)(C)c1cc(NCC(O)COc2ccc(C(C)(C)c3ccc(OCC(O)CN)cc3)cc2)ccc1N=Nc1ccc(N=Nc2ccc([N+](=O)[O-])cc2)cc1. The van der Waals surface area contributed by atoms with Crippen LogP contribution < -0.4 is 20.5 Å². The topological polar surface area (TPSA) is 190 Å². The quantitative estimate of drug-likeness (QED) is 0.0409. The largest absolute Gasteiger partial charge is 0.491 e. The number of nitro groups is 1. The number of hydrogen-bond acceptors (Lipinski definition) is 12. The van der Waals surface area contributed by atoms with E-state index in [-0.39, 0.29) is 42.8 Å². The molecule has 13 heteroatoms. The first-order chi connectivity index (χ1) is 26.7. The monoisotopic (exact) mass is 759 g/mol. The van der Waals surface area contributed by atoms with Crippen LogP contribution in [0.25, 0.3) is 0 Å². The standard InChI is InChI=1S/C43H49N7O6/c1-42(2,3)40-24-34(16-23-41(40)49-48-32-12-10-31(11-13-32)46-47-33-14-17-35(18-15-33)50(53)54)45-26-37(52)28-56-39-21-8-30(9-22-39)43(4,5)29-6-19-38(20-7-29)55-27-36(51)25-44/h6-24,36-37,45,51-52H,25-28,44H2,1-5H3. The first kappa shape index (κ1) is 41.1. The van der Waals surface area contributed by atoms with Gasteiger partial charge in [-0.3, -0.25) is 10.1 Å². The molecule has 2 unspecified atom stereocenters. The second-order valence-electron chi connectivity index (χ2n) is 14.9. The van der Waals surface area contributed by atoms with Gasteiger partial charge < -0.3 is 30.7 Å². The molecule has 2 atom stereocenters. The molecule has 5 N–H and O–H groups in total. The summed E-state index contributed by atoms with van der Waals surface area (Å²) in [4.78, 5) is 10.4. The summed E-state index contributed by atoms with van der Waals surface area (Å²) in [6, 6.07) is 34.5. The van der Waals surface area contributed by atoms with E-state index in [1.807, 2.05) is 66.7 Å². The summed E-state index contributed by atoms with van der Waals surface area (Å²) in [7, 11) is 0. The Morgan fingerprint density at radius 1 is 0.679 bits per heavy atom. The number of benzene rings is 5. The zero-order valence-corrected chi connectivity index (χ0v) is 32.3. The lowest BCUT2D eigenvalue weighted by Crippen LogP contribution is -2.26. The Morgan fingerprint density at radius 3 is 1.61 bits per heavy atom. The first-order valence-corrected chi connectivity index (χ1v) is 18.3. The molecule has 0 aliphatic carbocycles. The van der Waals surface area contributed by atoms with Crippen LogP contribution in [-0.4, -0.2) is 53.6 Å². The van der Waals surface area contributed by atoms with E-state index >= 15 is 0 Å². The maximum atomic E-state index is 10.8. The molecule has 0 radical (unpaired) electrons. The molecule has 13 nitrogen and oxygen atoms in total. The van der Waals surface area contributed by atoms with Crippen LogP contribution in [0.1, 0.15) is 51.3 Å². The van der Waals surface area contributed by atoms with Crippen LogP contribution in [0.15, 0.2) is 136 Å². The summed E-state index contributed by atoms with van der Waals surface area (Å²) in [6.45, 7) is 11.3. The third-order valence-corrected chi connectivity index (χ3v) is 9.12. The molecule has 0 fully saturated rings. The molecule has 0 aliphatic heterocycles. The van der Waals surface area contributed by atoms with Crippen molar-refractivity contribution in [3.8, 4) is 11.5 Å². The van der Waals surface area contributed by atoms with Gasteiger partial charge in [-0.2, -0.15) is 20.5 Å². The van der Waals surface area contributed by atoms with E-state index in [0.717, 1.165) is 28.1 Å². The lowest BCUT2D eigenvalue weighted by molar-refractivity contribution is -0.384. The molecule has 0 bridgehead atoms. The van der Waals surface area contributed by atoms with E-state index < -0.39 is 17.1 Å². The van der Waals surface area contributed by atoms with Gasteiger partial charge in [-0.05, 0) is 101 Å². The molecule has 0 heterocycles. The summed E-state index contributed by atoms with van der Waals surface area (Å²) in [5, 5.41) is 51.9. The fraction of sp³-hybridized carbons (Fsp3) is 0.302. The average molecular weight is 760 g/mol. The molecule has 0 spiro atoms.